The third-order valence-corrected chi connectivity index (χ3v) is 3.72. The number of rotatable bonds is 4. The predicted molar refractivity (Wildman–Crippen MR) is 76.0 cm³/mol. The second kappa shape index (κ2) is 7.68. The number of carbonyl (C=O) groups is 1. The summed E-state index contributed by atoms with van der Waals surface area (Å²) in [6.45, 7) is 11.9. The van der Waals surface area contributed by atoms with Gasteiger partial charge in [0, 0.05) is 32.7 Å². The van der Waals surface area contributed by atoms with E-state index in [1.165, 1.54) is 0 Å². The summed E-state index contributed by atoms with van der Waals surface area (Å²) in [5, 5.41) is 2.98. The van der Waals surface area contributed by atoms with Gasteiger partial charge in [0.25, 0.3) is 0 Å². The summed E-state index contributed by atoms with van der Waals surface area (Å²) in [7, 11) is 0. The van der Waals surface area contributed by atoms with Crippen molar-refractivity contribution in [3.05, 3.63) is 0 Å². The van der Waals surface area contributed by atoms with Crippen molar-refractivity contribution in [1.82, 2.24) is 15.1 Å². The highest BCUT2D eigenvalue weighted by Gasteiger charge is 2.31. The molecule has 1 N–H and O–H groups in total. The molecule has 4 nitrogen and oxygen atoms in total. The summed E-state index contributed by atoms with van der Waals surface area (Å²) in [6.07, 6.45) is -0.0355. The largest absolute Gasteiger partial charge is 0.333 e. The Morgan fingerprint density at radius 2 is 2.00 bits per heavy atom. The molecule has 2 heterocycles. The maximum absolute atomic E-state index is 13.0. The summed E-state index contributed by atoms with van der Waals surface area (Å²) in [5.41, 5.74) is 0. The number of carbonyl (C=O) groups excluding carboxylic acids is 1. The van der Waals surface area contributed by atoms with Crippen molar-refractivity contribution in [2.24, 2.45) is 5.92 Å². The molecule has 0 saturated carbocycles. The Kier molecular flexibility index (Phi) is 6.55. The van der Waals surface area contributed by atoms with E-state index < -0.39 is 6.17 Å². The molecule has 19 heavy (non-hydrogen) atoms. The van der Waals surface area contributed by atoms with Crippen molar-refractivity contribution < 1.29 is 9.18 Å². The number of urea groups is 1. The molecule has 2 atom stereocenters. The molecule has 2 amide bonds. The Hall–Kier alpha value is -0.840. The quantitative estimate of drug-likeness (QED) is 0.851. The van der Waals surface area contributed by atoms with Gasteiger partial charge in [0.15, 0.2) is 0 Å². The van der Waals surface area contributed by atoms with Crippen LogP contribution < -0.4 is 5.32 Å². The SMILES string of the molecule is CC.CC(C)C1CN(CCN2CCC(F)C2)C(=O)N1. The summed E-state index contributed by atoms with van der Waals surface area (Å²) in [6, 6.07) is 0.287. The lowest BCUT2D eigenvalue weighted by Gasteiger charge is -2.20. The minimum absolute atomic E-state index is 0.0275. The molecule has 0 bridgehead atoms. The maximum Gasteiger partial charge on any atom is 0.317 e. The minimum Gasteiger partial charge on any atom is -0.333 e. The molecule has 2 aliphatic heterocycles. The Morgan fingerprint density at radius 3 is 2.47 bits per heavy atom. The van der Waals surface area contributed by atoms with Gasteiger partial charge in [-0.1, -0.05) is 27.7 Å². The fourth-order valence-electron chi connectivity index (χ4n) is 2.44. The van der Waals surface area contributed by atoms with Crippen LogP contribution in [-0.2, 0) is 0 Å². The smallest absolute Gasteiger partial charge is 0.317 e. The Bertz CT molecular complexity index is 286. The first kappa shape index (κ1) is 16.2. The van der Waals surface area contributed by atoms with E-state index >= 15 is 0 Å². The van der Waals surface area contributed by atoms with Crippen LogP contribution in [0.2, 0.25) is 0 Å². The minimum atomic E-state index is -0.675. The van der Waals surface area contributed by atoms with Crippen LogP contribution in [0.4, 0.5) is 9.18 Å². The maximum atomic E-state index is 13.0. The predicted octanol–water partition coefficient (Wildman–Crippen LogP) is 2.11. The lowest BCUT2D eigenvalue weighted by Crippen LogP contribution is -2.36. The van der Waals surface area contributed by atoms with E-state index in [1.807, 2.05) is 18.7 Å². The number of hydrogen-bond donors (Lipinski definition) is 1. The molecule has 0 aromatic carbocycles. The lowest BCUT2D eigenvalue weighted by molar-refractivity contribution is 0.205. The molecule has 2 rings (SSSR count). The highest BCUT2D eigenvalue weighted by molar-refractivity contribution is 5.76. The summed E-state index contributed by atoms with van der Waals surface area (Å²) >= 11 is 0. The molecule has 0 aromatic heterocycles. The number of nitrogens with zero attached hydrogens (tertiary/aromatic N) is 2. The zero-order chi connectivity index (χ0) is 14.4. The van der Waals surface area contributed by atoms with Gasteiger partial charge >= 0.3 is 6.03 Å². The van der Waals surface area contributed by atoms with E-state index in [-0.39, 0.29) is 12.1 Å². The molecular formula is C14H28FN3O. The van der Waals surface area contributed by atoms with Crippen LogP contribution in [0.3, 0.4) is 0 Å². The first-order valence-electron chi connectivity index (χ1n) is 7.48. The number of halogens is 1. The van der Waals surface area contributed by atoms with E-state index in [2.05, 4.69) is 24.1 Å². The number of nitrogens with one attached hydrogen (secondary N) is 1. The van der Waals surface area contributed by atoms with Gasteiger partial charge in [-0.15, -0.1) is 0 Å². The second-order valence-electron chi connectivity index (χ2n) is 5.43. The van der Waals surface area contributed by atoms with Gasteiger partial charge in [-0.3, -0.25) is 4.90 Å². The van der Waals surface area contributed by atoms with Gasteiger partial charge in [0.05, 0.1) is 6.04 Å². The van der Waals surface area contributed by atoms with Crippen LogP contribution in [0.15, 0.2) is 0 Å². The number of amides is 2. The van der Waals surface area contributed by atoms with Crippen molar-refractivity contribution >= 4 is 6.03 Å². The summed E-state index contributed by atoms with van der Waals surface area (Å²) in [5.74, 6) is 0.464. The Morgan fingerprint density at radius 1 is 1.32 bits per heavy atom. The van der Waals surface area contributed by atoms with Crippen LogP contribution in [0, 0.1) is 5.92 Å². The van der Waals surface area contributed by atoms with Gasteiger partial charge in [-0.05, 0) is 12.3 Å². The van der Waals surface area contributed by atoms with Gasteiger partial charge in [0.2, 0.25) is 0 Å². The van der Waals surface area contributed by atoms with Crippen molar-refractivity contribution in [1.29, 1.82) is 0 Å². The van der Waals surface area contributed by atoms with Crippen LogP contribution >= 0.6 is 0 Å². The third kappa shape index (κ3) is 4.64. The highest BCUT2D eigenvalue weighted by atomic mass is 19.1. The number of alkyl halides is 1. The van der Waals surface area contributed by atoms with E-state index in [4.69, 9.17) is 0 Å². The van der Waals surface area contributed by atoms with Crippen LogP contribution in [0.25, 0.3) is 0 Å². The molecule has 0 aliphatic carbocycles. The first-order valence-corrected chi connectivity index (χ1v) is 7.48. The molecule has 2 aliphatic rings. The van der Waals surface area contributed by atoms with Gasteiger partial charge in [0.1, 0.15) is 6.17 Å². The molecule has 2 unspecified atom stereocenters. The van der Waals surface area contributed by atoms with Crippen molar-refractivity contribution in [2.45, 2.75) is 46.3 Å². The molecular weight excluding hydrogens is 245 g/mol. The van der Waals surface area contributed by atoms with E-state index in [0.717, 1.165) is 19.6 Å². The average Bonchev–Trinajstić information content (AvgIpc) is 2.96. The van der Waals surface area contributed by atoms with Crippen LogP contribution in [0.5, 0.6) is 0 Å². The summed E-state index contributed by atoms with van der Waals surface area (Å²) < 4.78 is 13.0. The molecule has 2 fully saturated rings. The second-order valence-corrected chi connectivity index (χ2v) is 5.43. The molecule has 0 radical (unpaired) electrons. The van der Waals surface area contributed by atoms with Crippen molar-refractivity contribution in [3.8, 4) is 0 Å². The van der Waals surface area contributed by atoms with Crippen molar-refractivity contribution in [2.75, 3.05) is 32.7 Å². The molecule has 2 saturated heterocycles. The first-order chi connectivity index (χ1) is 9.06. The highest BCUT2D eigenvalue weighted by Crippen LogP contribution is 2.14. The van der Waals surface area contributed by atoms with Crippen molar-refractivity contribution in [3.63, 3.8) is 0 Å². The van der Waals surface area contributed by atoms with E-state index in [9.17, 15) is 9.18 Å². The van der Waals surface area contributed by atoms with Crippen LogP contribution in [0.1, 0.15) is 34.1 Å². The normalized spacial score (nSPS) is 27.5. The topological polar surface area (TPSA) is 35.6 Å². The standard InChI is InChI=1S/C12H22FN3O.C2H6/c1-9(2)11-8-16(12(17)14-11)6-5-15-4-3-10(13)7-15;1-2/h9-11H,3-8H2,1-2H3,(H,14,17);1-2H3. The fraction of sp³-hybridized carbons (Fsp3) is 0.929. The number of hydrogen-bond acceptors (Lipinski definition) is 2. The van der Waals surface area contributed by atoms with Gasteiger partial charge in [-0.25, -0.2) is 9.18 Å². The fourth-order valence-corrected chi connectivity index (χ4v) is 2.44. The Labute approximate surface area is 116 Å². The average molecular weight is 273 g/mol. The summed E-state index contributed by atoms with van der Waals surface area (Å²) in [4.78, 5) is 15.6. The lowest BCUT2D eigenvalue weighted by atomic mass is 10.1. The molecule has 112 valence electrons. The van der Waals surface area contributed by atoms with Gasteiger partial charge in [-0.2, -0.15) is 0 Å². The monoisotopic (exact) mass is 273 g/mol. The molecule has 0 spiro atoms. The van der Waals surface area contributed by atoms with E-state index in [1.54, 1.807) is 0 Å². The molecule has 5 heteroatoms. The van der Waals surface area contributed by atoms with E-state index in [0.29, 0.717) is 25.4 Å². The zero-order valence-corrected chi connectivity index (χ0v) is 12.7. The van der Waals surface area contributed by atoms with Gasteiger partial charge < -0.3 is 10.2 Å². The Balaban J connectivity index is 0.000000861. The number of likely N-dealkylation sites (tertiary alicyclic amines) is 1. The third-order valence-electron chi connectivity index (χ3n) is 3.72. The zero-order valence-electron chi connectivity index (χ0n) is 12.7. The molecule has 0 aromatic rings. The van der Waals surface area contributed by atoms with Crippen LogP contribution in [-0.4, -0.2) is 60.8 Å².